The van der Waals surface area contributed by atoms with Gasteiger partial charge in [0.05, 0.1) is 6.54 Å². The molecule has 0 radical (unpaired) electrons. The van der Waals surface area contributed by atoms with E-state index in [2.05, 4.69) is 16.0 Å². The number of aryl methyl sites for hydroxylation is 1. The third-order valence-electron chi connectivity index (χ3n) is 3.61. The fourth-order valence-corrected chi connectivity index (χ4v) is 2.16. The lowest BCUT2D eigenvalue weighted by Gasteiger charge is -2.26. The molecule has 1 aromatic carbocycles. The maximum Gasteiger partial charge on any atom is 0.286 e. The van der Waals surface area contributed by atoms with Crippen LogP contribution < -0.4 is 16.0 Å². The molecular weight excluding hydrogens is 306 g/mol. The van der Waals surface area contributed by atoms with Gasteiger partial charge in [-0.15, -0.1) is 0 Å². The van der Waals surface area contributed by atoms with Gasteiger partial charge >= 0.3 is 0 Å². The summed E-state index contributed by atoms with van der Waals surface area (Å²) < 4.78 is 5.38. The van der Waals surface area contributed by atoms with E-state index in [0.717, 1.165) is 11.3 Å². The molecule has 0 fully saturated rings. The molecule has 3 N–H and O–H groups in total. The van der Waals surface area contributed by atoms with E-state index in [1.807, 2.05) is 31.2 Å². The van der Waals surface area contributed by atoms with Crippen LogP contribution in [-0.4, -0.2) is 24.4 Å². The number of amides is 2. The second kappa shape index (κ2) is 7.21. The van der Waals surface area contributed by atoms with Gasteiger partial charge in [-0.1, -0.05) is 17.7 Å². The molecule has 0 unspecified atom stereocenters. The zero-order valence-electron chi connectivity index (χ0n) is 14.4. The quantitative estimate of drug-likeness (QED) is 0.760. The predicted molar refractivity (Wildman–Crippen MR) is 92.8 cm³/mol. The van der Waals surface area contributed by atoms with Crippen molar-refractivity contribution in [3.8, 4) is 0 Å². The Morgan fingerprint density at radius 1 is 1.08 bits per heavy atom. The van der Waals surface area contributed by atoms with Crippen LogP contribution in [0.4, 0.5) is 5.69 Å². The van der Waals surface area contributed by atoms with Gasteiger partial charge in [0, 0.05) is 12.7 Å². The van der Waals surface area contributed by atoms with Crippen molar-refractivity contribution >= 4 is 17.5 Å². The molecule has 6 nitrogen and oxygen atoms in total. The average molecular weight is 329 g/mol. The summed E-state index contributed by atoms with van der Waals surface area (Å²) in [5.74, 6) is 0.279. The zero-order valence-corrected chi connectivity index (χ0v) is 14.4. The molecule has 0 saturated heterocycles. The van der Waals surface area contributed by atoms with Crippen molar-refractivity contribution in [3.05, 3.63) is 53.5 Å². The number of anilines is 1. The highest BCUT2D eigenvalue weighted by Gasteiger charge is 2.27. The van der Waals surface area contributed by atoms with Gasteiger partial charge < -0.3 is 20.4 Å². The van der Waals surface area contributed by atoms with Gasteiger partial charge in [-0.2, -0.15) is 0 Å². The number of benzene rings is 1. The van der Waals surface area contributed by atoms with E-state index in [4.69, 9.17) is 4.42 Å². The minimum absolute atomic E-state index is 0.166. The van der Waals surface area contributed by atoms with E-state index in [0.29, 0.717) is 5.76 Å². The van der Waals surface area contributed by atoms with Crippen molar-refractivity contribution in [2.45, 2.75) is 32.9 Å². The lowest BCUT2D eigenvalue weighted by atomic mass is 10.0. The highest BCUT2D eigenvalue weighted by Crippen LogP contribution is 2.16. The van der Waals surface area contributed by atoms with Gasteiger partial charge in [0.15, 0.2) is 5.76 Å². The number of hydrogen-bond acceptors (Lipinski definition) is 4. The third kappa shape index (κ3) is 4.38. The molecule has 0 aliphatic heterocycles. The van der Waals surface area contributed by atoms with E-state index < -0.39 is 5.54 Å². The number of hydrogen-bond donors (Lipinski definition) is 3. The Morgan fingerprint density at radius 2 is 1.75 bits per heavy atom. The Morgan fingerprint density at radius 3 is 2.38 bits per heavy atom. The summed E-state index contributed by atoms with van der Waals surface area (Å²) in [5, 5.41) is 8.51. The summed E-state index contributed by atoms with van der Waals surface area (Å²) in [6.07, 6.45) is 0. The van der Waals surface area contributed by atoms with E-state index in [1.54, 1.807) is 26.0 Å². The number of furan rings is 1. The van der Waals surface area contributed by atoms with Crippen molar-refractivity contribution in [2.75, 3.05) is 12.4 Å². The van der Waals surface area contributed by atoms with Gasteiger partial charge in [0.1, 0.15) is 11.3 Å². The van der Waals surface area contributed by atoms with Gasteiger partial charge in [-0.25, -0.2) is 0 Å². The highest BCUT2D eigenvalue weighted by atomic mass is 16.4. The van der Waals surface area contributed by atoms with Gasteiger partial charge in [-0.3, -0.25) is 9.59 Å². The van der Waals surface area contributed by atoms with E-state index in [9.17, 15) is 9.59 Å². The summed E-state index contributed by atoms with van der Waals surface area (Å²) in [7, 11) is 1.53. The van der Waals surface area contributed by atoms with Crippen LogP contribution in [0.3, 0.4) is 0 Å². The largest absolute Gasteiger partial charge is 0.454 e. The first-order valence-electron chi connectivity index (χ1n) is 7.76. The molecule has 2 rings (SSSR count). The fourth-order valence-electron chi connectivity index (χ4n) is 2.16. The van der Waals surface area contributed by atoms with Crippen molar-refractivity contribution in [1.82, 2.24) is 10.6 Å². The third-order valence-corrected chi connectivity index (χ3v) is 3.61. The van der Waals surface area contributed by atoms with Gasteiger partial charge in [-0.05, 0) is 45.0 Å². The first-order chi connectivity index (χ1) is 11.3. The van der Waals surface area contributed by atoms with Crippen molar-refractivity contribution < 1.29 is 14.0 Å². The van der Waals surface area contributed by atoms with Crippen LogP contribution in [0, 0.1) is 6.92 Å². The molecule has 0 saturated carbocycles. The molecule has 0 atom stereocenters. The van der Waals surface area contributed by atoms with E-state index in [1.165, 1.54) is 7.05 Å². The molecule has 2 amide bonds. The minimum atomic E-state index is -0.786. The van der Waals surface area contributed by atoms with E-state index in [-0.39, 0.29) is 24.1 Å². The minimum Gasteiger partial charge on any atom is -0.454 e. The van der Waals surface area contributed by atoms with Crippen LogP contribution >= 0.6 is 0 Å². The Kier molecular flexibility index (Phi) is 5.28. The molecule has 0 bridgehead atoms. The Balaban J connectivity index is 1.94. The lowest BCUT2D eigenvalue weighted by Crippen LogP contribution is -2.47. The molecule has 2 aromatic rings. The SMILES string of the molecule is CNC(=O)c1ccc(CNC(=O)C(C)(C)Nc2ccc(C)cc2)o1. The average Bonchev–Trinajstić information content (AvgIpc) is 3.02. The topological polar surface area (TPSA) is 83.4 Å². The normalized spacial score (nSPS) is 11.0. The summed E-state index contributed by atoms with van der Waals surface area (Å²) in [4.78, 5) is 23.9. The second-order valence-corrected chi connectivity index (χ2v) is 6.14. The van der Waals surface area contributed by atoms with Crippen LogP contribution in [0.5, 0.6) is 0 Å². The van der Waals surface area contributed by atoms with Crippen molar-refractivity contribution in [1.29, 1.82) is 0 Å². The molecule has 24 heavy (non-hydrogen) atoms. The molecule has 0 spiro atoms. The van der Waals surface area contributed by atoms with E-state index >= 15 is 0 Å². The first kappa shape index (κ1) is 17.6. The molecule has 0 aliphatic carbocycles. The zero-order chi connectivity index (χ0) is 17.7. The maximum absolute atomic E-state index is 12.4. The predicted octanol–water partition coefficient (Wildman–Crippen LogP) is 2.45. The van der Waals surface area contributed by atoms with Crippen LogP contribution in [0.2, 0.25) is 0 Å². The summed E-state index contributed by atoms with van der Waals surface area (Å²) in [6, 6.07) is 11.1. The monoisotopic (exact) mass is 329 g/mol. The van der Waals surface area contributed by atoms with Crippen molar-refractivity contribution in [2.24, 2.45) is 0 Å². The standard InChI is InChI=1S/C18H23N3O3/c1-12-5-7-13(8-6-12)21-18(2,3)17(23)20-11-14-9-10-15(24-14)16(22)19-4/h5-10,21H,11H2,1-4H3,(H,19,22)(H,20,23). The number of nitrogens with one attached hydrogen (secondary N) is 3. The number of carbonyl (C=O) groups excluding carboxylic acids is 2. The second-order valence-electron chi connectivity index (χ2n) is 6.14. The Bertz CT molecular complexity index is 717. The van der Waals surface area contributed by atoms with Crippen molar-refractivity contribution in [3.63, 3.8) is 0 Å². The van der Waals surface area contributed by atoms with Gasteiger partial charge in [0.25, 0.3) is 5.91 Å². The highest BCUT2D eigenvalue weighted by molar-refractivity contribution is 5.91. The fraction of sp³-hybridized carbons (Fsp3) is 0.333. The first-order valence-corrected chi connectivity index (χ1v) is 7.76. The van der Waals surface area contributed by atoms with Crippen LogP contribution in [-0.2, 0) is 11.3 Å². The Labute approximate surface area is 141 Å². The molecule has 128 valence electrons. The summed E-state index contributed by atoms with van der Waals surface area (Å²) >= 11 is 0. The smallest absolute Gasteiger partial charge is 0.286 e. The molecule has 6 heteroatoms. The maximum atomic E-state index is 12.4. The van der Waals surface area contributed by atoms with Crippen LogP contribution in [0.25, 0.3) is 0 Å². The lowest BCUT2D eigenvalue weighted by molar-refractivity contribution is -0.124. The van der Waals surface area contributed by atoms with Gasteiger partial charge in [0.2, 0.25) is 5.91 Å². The summed E-state index contributed by atoms with van der Waals surface area (Å²) in [6.45, 7) is 5.84. The molecule has 1 heterocycles. The number of rotatable bonds is 6. The molecule has 1 aromatic heterocycles. The Hall–Kier alpha value is -2.76. The van der Waals surface area contributed by atoms with Crippen LogP contribution in [0.1, 0.15) is 35.7 Å². The molecular formula is C18H23N3O3. The number of carbonyl (C=O) groups is 2. The van der Waals surface area contributed by atoms with Crippen LogP contribution in [0.15, 0.2) is 40.8 Å². The molecule has 0 aliphatic rings. The summed E-state index contributed by atoms with van der Waals surface area (Å²) in [5.41, 5.74) is 1.25.